The summed E-state index contributed by atoms with van der Waals surface area (Å²) >= 11 is 0. The minimum atomic E-state index is 0. The second kappa shape index (κ2) is 6.27. The van der Waals surface area contributed by atoms with Crippen molar-refractivity contribution >= 4 is 24.4 Å². The van der Waals surface area contributed by atoms with E-state index >= 15 is 0 Å². The SMILES string of the molecule is C[C@]12CC[C@H]3[C@@H](CC=C4CCCC[C@@]43C)[C@@H]1CC[C@@H]2C(=O)C=N.Cl. The first kappa shape index (κ1) is 18.2. The summed E-state index contributed by atoms with van der Waals surface area (Å²) in [5, 5.41) is 7.42. The van der Waals surface area contributed by atoms with Gasteiger partial charge in [0, 0.05) is 5.92 Å². The third-order valence-corrected chi connectivity index (χ3v) is 8.50. The van der Waals surface area contributed by atoms with Crippen molar-refractivity contribution in [1.82, 2.24) is 0 Å². The first-order valence-corrected chi connectivity index (χ1v) is 9.74. The molecule has 1 N–H and O–H groups in total. The molecule has 0 aliphatic heterocycles. The molecule has 0 spiro atoms. The Balaban J connectivity index is 0.00000169. The molecule has 4 aliphatic rings. The van der Waals surface area contributed by atoms with Crippen molar-refractivity contribution < 1.29 is 4.79 Å². The average molecular weight is 350 g/mol. The second-order valence-electron chi connectivity index (χ2n) is 9.19. The van der Waals surface area contributed by atoms with Gasteiger partial charge < -0.3 is 5.41 Å². The van der Waals surface area contributed by atoms with Gasteiger partial charge in [0.15, 0.2) is 5.78 Å². The Kier molecular flexibility index (Phi) is 4.75. The van der Waals surface area contributed by atoms with Crippen molar-refractivity contribution in [2.45, 2.75) is 71.6 Å². The highest BCUT2D eigenvalue weighted by Crippen LogP contribution is 2.66. The number of nitrogens with one attached hydrogen (secondary N) is 1. The quantitative estimate of drug-likeness (QED) is 0.512. The first-order valence-electron chi connectivity index (χ1n) is 9.74. The molecule has 3 heteroatoms. The van der Waals surface area contributed by atoms with Crippen LogP contribution in [0.2, 0.25) is 0 Å². The number of fused-ring (bicyclic) bond motifs is 5. The molecule has 0 bridgehead atoms. The standard InChI is InChI=1S/C21H31NO.ClH/c1-20-11-4-3-5-14(20)6-7-15-16-8-9-18(19(23)13-22)21(16,2)12-10-17(15)20;/h6,13,15-18,22H,3-5,7-12H2,1-2H3;1H/t15-,16-,17-,18+,20-,21-;/m0./s1. The zero-order valence-corrected chi connectivity index (χ0v) is 16.0. The van der Waals surface area contributed by atoms with E-state index in [9.17, 15) is 4.79 Å². The summed E-state index contributed by atoms with van der Waals surface area (Å²) in [6.45, 7) is 4.92. The van der Waals surface area contributed by atoms with Gasteiger partial charge in [0.25, 0.3) is 0 Å². The zero-order chi connectivity index (χ0) is 16.2. The number of Topliss-reactive ketones (excluding diaryl/α,β-unsaturated/α-hetero) is 1. The number of ketones is 1. The van der Waals surface area contributed by atoms with Crippen LogP contribution in [0.15, 0.2) is 11.6 Å². The molecule has 0 aromatic carbocycles. The van der Waals surface area contributed by atoms with E-state index < -0.39 is 0 Å². The van der Waals surface area contributed by atoms with Crippen LogP contribution in [0.1, 0.15) is 71.6 Å². The van der Waals surface area contributed by atoms with Crippen LogP contribution in [-0.4, -0.2) is 12.0 Å². The first-order chi connectivity index (χ1) is 11.0. The highest BCUT2D eigenvalue weighted by atomic mass is 35.5. The van der Waals surface area contributed by atoms with Gasteiger partial charge in [-0.1, -0.05) is 31.9 Å². The summed E-state index contributed by atoms with van der Waals surface area (Å²) in [6.07, 6.45) is 15.2. The molecule has 4 aliphatic carbocycles. The van der Waals surface area contributed by atoms with Gasteiger partial charge >= 0.3 is 0 Å². The highest BCUT2D eigenvalue weighted by molar-refractivity contribution is 6.27. The molecule has 24 heavy (non-hydrogen) atoms. The van der Waals surface area contributed by atoms with E-state index in [2.05, 4.69) is 19.9 Å². The van der Waals surface area contributed by atoms with Gasteiger partial charge in [0.05, 0.1) is 6.21 Å². The van der Waals surface area contributed by atoms with Crippen LogP contribution in [0.5, 0.6) is 0 Å². The molecular weight excluding hydrogens is 318 g/mol. The van der Waals surface area contributed by atoms with E-state index in [4.69, 9.17) is 5.41 Å². The maximum atomic E-state index is 12.3. The third kappa shape index (κ3) is 2.35. The minimum absolute atomic E-state index is 0. The summed E-state index contributed by atoms with van der Waals surface area (Å²) in [5.74, 6) is 2.53. The van der Waals surface area contributed by atoms with Gasteiger partial charge in [-0.15, -0.1) is 12.4 Å². The van der Waals surface area contributed by atoms with Crippen LogP contribution in [0.4, 0.5) is 0 Å². The number of rotatable bonds is 2. The van der Waals surface area contributed by atoms with Crippen molar-refractivity contribution in [2.75, 3.05) is 0 Å². The molecule has 0 radical (unpaired) electrons. The Morgan fingerprint density at radius 3 is 2.71 bits per heavy atom. The van der Waals surface area contributed by atoms with Crippen LogP contribution in [0.3, 0.4) is 0 Å². The lowest BCUT2D eigenvalue weighted by Crippen LogP contribution is -2.50. The van der Waals surface area contributed by atoms with Crippen molar-refractivity contribution in [3.8, 4) is 0 Å². The van der Waals surface area contributed by atoms with Gasteiger partial charge in [0.2, 0.25) is 0 Å². The number of hydrogen-bond donors (Lipinski definition) is 1. The van der Waals surface area contributed by atoms with Crippen LogP contribution in [0.25, 0.3) is 0 Å². The topological polar surface area (TPSA) is 40.9 Å². The van der Waals surface area contributed by atoms with E-state index in [1.807, 2.05) is 0 Å². The number of carbonyl (C=O) groups is 1. The fraction of sp³-hybridized carbons (Fsp3) is 0.810. The van der Waals surface area contributed by atoms with Crippen molar-refractivity contribution in [3.05, 3.63) is 11.6 Å². The molecule has 6 atom stereocenters. The summed E-state index contributed by atoms with van der Waals surface area (Å²) in [5.41, 5.74) is 2.37. The highest BCUT2D eigenvalue weighted by Gasteiger charge is 2.59. The molecule has 3 fully saturated rings. The molecule has 4 rings (SSSR count). The molecule has 0 amide bonds. The van der Waals surface area contributed by atoms with E-state index in [0.29, 0.717) is 11.3 Å². The van der Waals surface area contributed by atoms with Crippen LogP contribution >= 0.6 is 12.4 Å². The molecule has 134 valence electrons. The smallest absolute Gasteiger partial charge is 0.176 e. The Morgan fingerprint density at radius 1 is 1.17 bits per heavy atom. The van der Waals surface area contributed by atoms with E-state index in [1.54, 1.807) is 5.57 Å². The molecule has 2 nitrogen and oxygen atoms in total. The Bertz CT molecular complexity index is 570. The summed E-state index contributed by atoms with van der Waals surface area (Å²) in [6, 6.07) is 0. The lowest BCUT2D eigenvalue weighted by atomic mass is 9.47. The maximum absolute atomic E-state index is 12.3. The Labute approximate surface area is 152 Å². The number of carbonyl (C=O) groups excluding carboxylic acids is 1. The Hall–Kier alpha value is -0.630. The number of hydrogen-bond acceptors (Lipinski definition) is 2. The lowest BCUT2D eigenvalue weighted by Gasteiger charge is -2.57. The fourth-order valence-electron chi connectivity index (χ4n) is 7.27. The van der Waals surface area contributed by atoms with Gasteiger partial charge in [-0.2, -0.15) is 0 Å². The second-order valence-corrected chi connectivity index (χ2v) is 9.19. The molecule has 0 aromatic heterocycles. The molecule has 0 unspecified atom stereocenters. The third-order valence-electron chi connectivity index (χ3n) is 8.50. The van der Waals surface area contributed by atoms with Crippen molar-refractivity contribution in [1.29, 1.82) is 5.41 Å². The van der Waals surface area contributed by atoms with E-state index in [0.717, 1.165) is 24.5 Å². The van der Waals surface area contributed by atoms with Gasteiger partial charge in [-0.3, -0.25) is 4.79 Å². The molecular formula is C21H32ClNO. The molecule has 3 saturated carbocycles. The summed E-state index contributed by atoms with van der Waals surface area (Å²) in [7, 11) is 0. The largest absolute Gasteiger partial charge is 0.305 e. The monoisotopic (exact) mass is 349 g/mol. The van der Waals surface area contributed by atoms with E-state index in [1.165, 1.54) is 51.4 Å². The van der Waals surface area contributed by atoms with Crippen LogP contribution < -0.4 is 0 Å². The average Bonchev–Trinajstić information content (AvgIpc) is 2.91. The summed E-state index contributed by atoms with van der Waals surface area (Å²) in [4.78, 5) is 12.3. The van der Waals surface area contributed by atoms with Crippen molar-refractivity contribution in [3.63, 3.8) is 0 Å². The normalized spacial score (nSPS) is 46.7. The van der Waals surface area contributed by atoms with Gasteiger partial charge in [-0.25, -0.2) is 0 Å². The zero-order valence-electron chi connectivity index (χ0n) is 15.1. The summed E-state index contributed by atoms with van der Waals surface area (Å²) < 4.78 is 0. The van der Waals surface area contributed by atoms with Crippen LogP contribution in [-0.2, 0) is 4.79 Å². The lowest BCUT2D eigenvalue weighted by molar-refractivity contribution is -0.122. The predicted octanol–water partition coefficient (Wildman–Crippen LogP) is 5.60. The maximum Gasteiger partial charge on any atom is 0.176 e. The van der Waals surface area contributed by atoms with Crippen LogP contribution in [0, 0.1) is 39.9 Å². The Morgan fingerprint density at radius 2 is 1.96 bits per heavy atom. The number of halogens is 1. The minimum Gasteiger partial charge on any atom is -0.305 e. The van der Waals surface area contributed by atoms with E-state index in [-0.39, 0.29) is 29.5 Å². The van der Waals surface area contributed by atoms with Gasteiger partial charge in [0.1, 0.15) is 0 Å². The molecule has 0 heterocycles. The fourth-order valence-corrected chi connectivity index (χ4v) is 7.27. The van der Waals surface area contributed by atoms with Crippen molar-refractivity contribution in [2.24, 2.45) is 34.5 Å². The number of allylic oxidation sites excluding steroid dienone is 2. The molecule has 0 aromatic rings. The predicted molar refractivity (Wildman–Crippen MR) is 101 cm³/mol. The van der Waals surface area contributed by atoms with Gasteiger partial charge in [-0.05, 0) is 80.0 Å². The molecule has 0 saturated heterocycles.